The molecule has 0 aromatic rings. The molecule has 0 spiro atoms. The second-order valence-corrected chi connectivity index (χ2v) is 12.7. The van der Waals surface area contributed by atoms with Gasteiger partial charge < -0.3 is 9.47 Å². The highest BCUT2D eigenvalue weighted by atomic mass is 16.6. The Hall–Kier alpha value is -1.06. The average molecular weight is 473 g/mol. The molecule has 192 valence electrons. The Morgan fingerprint density at radius 1 is 0.647 bits per heavy atom. The standard InChI is InChI=1S/C30H48O4/c1-5-19-17-20(6-2)24-22-18-21(23(19)24)25(27(31)33-29(7-3)13-9-10-14-29)26(22)28(32)34-30(8-4)15-11-12-16-30/h19-26H,5-18H2,1-4H3. The lowest BCUT2D eigenvalue weighted by atomic mass is 9.65. The Balaban J connectivity index is 1.44. The molecule has 0 N–H and O–H groups in total. The first kappa shape index (κ1) is 24.6. The number of esters is 2. The fourth-order valence-electron chi connectivity index (χ4n) is 9.71. The van der Waals surface area contributed by atoms with Gasteiger partial charge in [0.05, 0.1) is 11.8 Å². The van der Waals surface area contributed by atoms with Gasteiger partial charge in [-0.1, -0.05) is 40.5 Å². The van der Waals surface area contributed by atoms with E-state index >= 15 is 0 Å². The second kappa shape index (κ2) is 9.43. The highest BCUT2D eigenvalue weighted by Crippen LogP contribution is 2.68. The van der Waals surface area contributed by atoms with Crippen LogP contribution < -0.4 is 0 Å². The third kappa shape index (κ3) is 3.84. The van der Waals surface area contributed by atoms with Crippen molar-refractivity contribution in [3.63, 3.8) is 0 Å². The van der Waals surface area contributed by atoms with E-state index in [-0.39, 0.29) is 35.0 Å². The molecule has 5 aliphatic rings. The zero-order valence-electron chi connectivity index (χ0n) is 22.2. The van der Waals surface area contributed by atoms with Crippen molar-refractivity contribution in [1.82, 2.24) is 0 Å². The van der Waals surface area contributed by atoms with E-state index in [9.17, 15) is 9.59 Å². The van der Waals surface area contributed by atoms with Crippen molar-refractivity contribution in [2.45, 2.75) is 129 Å². The maximum atomic E-state index is 14.0. The lowest BCUT2D eigenvalue weighted by Gasteiger charge is -2.41. The van der Waals surface area contributed by atoms with Gasteiger partial charge in [-0.25, -0.2) is 0 Å². The highest BCUT2D eigenvalue weighted by Gasteiger charge is 2.68. The van der Waals surface area contributed by atoms with Gasteiger partial charge in [0.1, 0.15) is 11.2 Å². The van der Waals surface area contributed by atoms with E-state index in [2.05, 4.69) is 27.7 Å². The van der Waals surface area contributed by atoms with Crippen molar-refractivity contribution >= 4 is 11.9 Å². The van der Waals surface area contributed by atoms with Gasteiger partial charge in [0, 0.05) is 0 Å². The van der Waals surface area contributed by atoms with Crippen LogP contribution in [0.3, 0.4) is 0 Å². The van der Waals surface area contributed by atoms with Crippen molar-refractivity contribution in [2.75, 3.05) is 0 Å². The van der Waals surface area contributed by atoms with E-state index in [1.165, 1.54) is 19.3 Å². The van der Waals surface area contributed by atoms with Gasteiger partial charge in [-0.2, -0.15) is 0 Å². The van der Waals surface area contributed by atoms with Crippen LogP contribution in [0.25, 0.3) is 0 Å². The normalized spacial score (nSPS) is 41.5. The maximum absolute atomic E-state index is 14.0. The van der Waals surface area contributed by atoms with Crippen molar-refractivity contribution in [1.29, 1.82) is 0 Å². The van der Waals surface area contributed by atoms with Crippen LogP contribution in [-0.4, -0.2) is 23.1 Å². The number of hydrogen-bond acceptors (Lipinski definition) is 4. The van der Waals surface area contributed by atoms with E-state index in [0.29, 0.717) is 35.5 Å². The molecule has 0 heterocycles. The first-order chi connectivity index (χ1) is 16.4. The molecule has 34 heavy (non-hydrogen) atoms. The summed E-state index contributed by atoms with van der Waals surface area (Å²) in [5, 5.41) is 0. The molecule has 0 amide bonds. The molecule has 8 atom stereocenters. The number of hydrogen-bond donors (Lipinski definition) is 0. The second-order valence-electron chi connectivity index (χ2n) is 12.7. The molecule has 5 saturated carbocycles. The zero-order chi connectivity index (χ0) is 24.1. The Bertz CT molecular complexity index is 700. The molecule has 4 heteroatoms. The van der Waals surface area contributed by atoms with E-state index in [0.717, 1.165) is 70.6 Å². The Labute approximate surface area is 207 Å². The van der Waals surface area contributed by atoms with Crippen molar-refractivity contribution in [2.24, 2.45) is 47.3 Å². The largest absolute Gasteiger partial charge is 0.459 e. The van der Waals surface area contributed by atoms with Crippen LogP contribution in [0.5, 0.6) is 0 Å². The van der Waals surface area contributed by atoms with Gasteiger partial charge >= 0.3 is 11.9 Å². The monoisotopic (exact) mass is 472 g/mol. The molecular weight excluding hydrogens is 424 g/mol. The van der Waals surface area contributed by atoms with Crippen LogP contribution in [0.4, 0.5) is 0 Å². The molecule has 0 saturated heterocycles. The van der Waals surface area contributed by atoms with E-state index in [4.69, 9.17) is 9.47 Å². The lowest BCUT2D eigenvalue weighted by molar-refractivity contribution is -0.183. The molecular formula is C30H48O4. The minimum Gasteiger partial charge on any atom is -0.459 e. The molecule has 0 aromatic heterocycles. The molecule has 2 bridgehead atoms. The molecule has 4 nitrogen and oxygen atoms in total. The first-order valence-corrected chi connectivity index (χ1v) is 14.9. The third-order valence-electron chi connectivity index (χ3n) is 11.5. The van der Waals surface area contributed by atoms with Crippen LogP contribution in [0, 0.1) is 47.3 Å². The van der Waals surface area contributed by atoms with Gasteiger partial charge in [0.2, 0.25) is 0 Å². The van der Waals surface area contributed by atoms with Crippen LogP contribution in [0.1, 0.15) is 118 Å². The summed E-state index contributed by atoms with van der Waals surface area (Å²) in [6.07, 6.45) is 14.9. The number of carbonyl (C=O) groups excluding carboxylic acids is 2. The molecule has 0 aromatic carbocycles. The van der Waals surface area contributed by atoms with Crippen LogP contribution >= 0.6 is 0 Å². The summed E-state index contributed by atoms with van der Waals surface area (Å²) in [6.45, 7) is 8.95. The summed E-state index contributed by atoms with van der Waals surface area (Å²) in [5.41, 5.74) is -0.594. The van der Waals surface area contributed by atoms with E-state index in [1.807, 2.05) is 0 Å². The third-order valence-corrected chi connectivity index (χ3v) is 11.5. The van der Waals surface area contributed by atoms with Crippen molar-refractivity contribution < 1.29 is 19.1 Å². The SMILES string of the molecule is CCC1CC(CC)C2C3CC(C(C(=O)OC4(CC)CCCC4)C3C(=O)OC3(CC)CCCC3)C12. The maximum Gasteiger partial charge on any atom is 0.310 e. The van der Waals surface area contributed by atoms with Gasteiger partial charge in [-0.3, -0.25) is 9.59 Å². The molecule has 5 rings (SSSR count). The highest BCUT2D eigenvalue weighted by molar-refractivity contribution is 5.84. The molecule has 0 aliphatic heterocycles. The van der Waals surface area contributed by atoms with Gasteiger partial charge in [0.15, 0.2) is 0 Å². The summed E-state index contributed by atoms with van der Waals surface area (Å²) in [7, 11) is 0. The quantitative estimate of drug-likeness (QED) is 0.354. The van der Waals surface area contributed by atoms with Gasteiger partial charge in [-0.05, 0) is 113 Å². The Kier molecular flexibility index (Phi) is 6.83. The number of carbonyl (C=O) groups is 2. The number of rotatable bonds is 8. The minimum absolute atomic E-state index is 0.0663. The van der Waals surface area contributed by atoms with Crippen LogP contribution in [0.15, 0.2) is 0 Å². The predicted octanol–water partition coefficient (Wildman–Crippen LogP) is 7.09. The fourth-order valence-corrected chi connectivity index (χ4v) is 9.71. The number of ether oxygens (including phenoxy) is 2. The van der Waals surface area contributed by atoms with Crippen molar-refractivity contribution in [3.8, 4) is 0 Å². The fraction of sp³-hybridized carbons (Fsp3) is 0.933. The zero-order valence-corrected chi connectivity index (χ0v) is 22.2. The summed E-state index contributed by atoms with van der Waals surface area (Å²) in [5.74, 6) is 2.47. The smallest absolute Gasteiger partial charge is 0.310 e. The molecule has 5 aliphatic carbocycles. The summed E-state index contributed by atoms with van der Waals surface area (Å²) in [6, 6.07) is 0. The summed E-state index contributed by atoms with van der Waals surface area (Å²) in [4.78, 5) is 27.9. The topological polar surface area (TPSA) is 52.6 Å². The molecule has 0 radical (unpaired) electrons. The Morgan fingerprint density at radius 3 is 1.35 bits per heavy atom. The molecule has 8 unspecified atom stereocenters. The summed E-state index contributed by atoms with van der Waals surface area (Å²) < 4.78 is 12.8. The number of fused-ring (bicyclic) bond motifs is 5. The van der Waals surface area contributed by atoms with Crippen LogP contribution in [-0.2, 0) is 19.1 Å². The van der Waals surface area contributed by atoms with Gasteiger partial charge in [0.25, 0.3) is 0 Å². The summed E-state index contributed by atoms with van der Waals surface area (Å²) >= 11 is 0. The molecule has 5 fully saturated rings. The lowest BCUT2D eigenvalue weighted by Crippen LogP contribution is -2.48. The predicted molar refractivity (Wildman–Crippen MR) is 133 cm³/mol. The minimum atomic E-state index is -0.297. The average Bonchev–Trinajstić information content (AvgIpc) is 3.65. The van der Waals surface area contributed by atoms with E-state index < -0.39 is 0 Å². The first-order valence-electron chi connectivity index (χ1n) is 14.9. The van der Waals surface area contributed by atoms with E-state index in [1.54, 1.807) is 0 Å². The van der Waals surface area contributed by atoms with Crippen LogP contribution in [0.2, 0.25) is 0 Å². The van der Waals surface area contributed by atoms with Crippen molar-refractivity contribution in [3.05, 3.63) is 0 Å². The Morgan fingerprint density at radius 2 is 1.03 bits per heavy atom. The van der Waals surface area contributed by atoms with Gasteiger partial charge in [-0.15, -0.1) is 0 Å².